The number of aliphatic imine (C=N–C) groups is 1. The molecular weight excluding hydrogens is 300 g/mol. The van der Waals surface area contributed by atoms with Crippen molar-refractivity contribution in [2.24, 2.45) is 16.8 Å². The number of thiophene rings is 1. The molecule has 1 saturated heterocycles. The third-order valence-corrected chi connectivity index (χ3v) is 5.92. The van der Waals surface area contributed by atoms with Gasteiger partial charge in [-0.05, 0) is 60.0 Å². The van der Waals surface area contributed by atoms with Crippen LogP contribution in [0.25, 0.3) is 6.08 Å². The Hall–Kier alpha value is -1.07. The van der Waals surface area contributed by atoms with Gasteiger partial charge in [-0.15, -0.1) is 11.3 Å². The zero-order valence-electron chi connectivity index (χ0n) is 12.6. The number of aryl methyl sites for hydroxylation is 1. The topological polar surface area (TPSA) is 32.7 Å². The highest BCUT2D eigenvalue weighted by atomic mass is 32.2. The van der Waals surface area contributed by atoms with Crippen LogP contribution < -0.4 is 0 Å². The molecule has 1 aromatic heterocycles. The molecule has 3 nitrogen and oxygen atoms in total. The van der Waals surface area contributed by atoms with Gasteiger partial charge in [-0.25, -0.2) is 0 Å². The quantitative estimate of drug-likeness (QED) is 0.733. The van der Waals surface area contributed by atoms with Crippen LogP contribution in [0.1, 0.15) is 30.7 Å². The maximum atomic E-state index is 12.1. The van der Waals surface area contributed by atoms with E-state index in [4.69, 9.17) is 0 Å². The minimum Gasteiger partial charge on any atom is -0.350 e. The van der Waals surface area contributed by atoms with E-state index in [0.29, 0.717) is 11.8 Å². The van der Waals surface area contributed by atoms with Crippen molar-refractivity contribution in [3.8, 4) is 0 Å². The highest BCUT2D eigenvalue weighted by molar-refractivity contribution is 8.18. The predicted octanol–water partition coefficient (Wildman–Crippen LogP) is 4.00. The zero-order valence-corrected chi connectivity index (χ0v) is 14.3. The lowest BCUT2D eigenvalue weighted by atomic mass is 9.92. The molecule has 3 rings (SSSR count). The Balaban J connectivity index is 1.76. The van der Waals surface area contributed by atoms with E-state index in [2.05, 4.69) is 42.1 Å². The lowest BCUT2D eigenvalue weighted by Gasteiger charge is -2.35. The van der Waals surface area contributed by atoms with Gasteiger partial charge < -0.3 is 4.90 Å². The minimum absolute atomic E-state index is 0.0892. The first kappa shape index (κ1) is 14.9. The van der Waals surface area contributed by atoms with E-state index in [1.165, 1.54) is 23.7 Å². The number of hydrogen-bond acceptors (Lipinski definition) is 4. The van der Waals surface area contributed by atoms with Gasteiger partial charge in [-0.2, -0.15) is 4.99 Å². The number of thioether (sulfide) groups is 1. The number of piperidine rings is 1. The second-order valence-electron chi connectivity index (χ2n) is 6.13. The highest BCUT2D eigenvalue weighted by Crippen LogP contribution is 2.34. The van der Waals surface area contributed by atoms with Crippen LogP contribution in [0.15, 0.2) is 21.3 Å². The summed E-state index contributed by atoms with van der Waals surface area (Å²) >= 11 is 3.20. The molecule has 21 heavy (non-hydrogen) atoms. The predicted molar refractivity (Wildman–Crippen MR) is 91.6 cm³/mol. The number of amides is 1. The summed E-state index contributed by atoms with van der Waals surface area (Å²) in [7, 11) is 0. The molecule has 0 radical (unpaired) electrons. The van der Waals surface area contributed by atoms with Crippen LogP contribution in [0.4, 0.5) is 0 Å². The molecule has 2 atom stereocenters. The normalized spacial score (nSPS) is 28.3. The Morgan fingerprint density at radius 2 is 2.05 bits per heavy atom. The van der Waals surface area contributed by atoms with E-state index in [0.717, 1.165) is 28.0 Å². The van der Waals surface area contributed by atoms with Crippen molar-refractivity contribution < 1.29 is 4.79 Å². The fourth-order valence-corrected chi connectivity index (χ4v) is 4.85. The van der Waals surface area contributed by atoms with Crippen molar-refractivity contribution in [3.05, 3.63) is 26.8 Å². The average Bonchev–Trinajstić information content (AvgIpc) is 2.97. The van der Waals surface area contributed by atoms with E-state index < -0.39 is 0 Å². The van der Waals surface area contributed by atoms with Gasteiger partial charge in [0, 0.05) is 18.0 Å². The molecule has 1 aromatic rings. The molecule has 2 aliphatic rings. The summed E-state index contributed by atoms with van der Waals surface area (Å²) in [6.45, 7) is 8.64. The smallest absolute Gasteiger partial charge is 0.286 e. The van der Waals surface area contributed by atoms with Gasteiger partial charge in [0.15, 0.2) is 5.17 Å². The Labute approximate surface area is 134 Å². The van der Waals surface area contributed by atoms with Crippen LogP contribution in [0.5, 0.6) is 0 Å². The summed E-state index contributed by atoms with van der Waals surface area (Å²) in [5.74, 6) is 1.24. The molecule has 2 aliphatic heterocycles. The van der Waals surface area contributed by atoms with E-state index in [9.17, 15) is 4.79 Å². The number of rotatable bonds is 1. The second-order valence-corrected chi connectivity index (χ2v) is 8.09. The monoisotopic (exact) mass is 320 g/mol. The van der Waals surface area contributed by atoms with Crippen LogP contribution in [0, 0.1) is 18.8 Å². The molecule has 2 unspecified atom stereocenters. The lowest BCUT2D eigenvalue weighted by Crippen LogP contribution is -2.40. The first-order valence-electron chi connectivity index (χ1n) is 7.34. The van der Waals surface area contributed by atoms with Crippen LogP contribution in [0.2, 0.25) is 0 Å². The molecule has 0 aliphatic carbocycles. The van der Waals surface area contributed by atoms with Crippen LogP contribution >= 0.6 is 23.1 Å². The van der Waals surface area contributed by atoms with Crippen molar-refractivity contribution in [3.63, 3.8) is 0 Å². The molecular formula is C16H20N2OS2. The molecule has 5 heteroatoms. The van der Waals surface area contributed by atoms with Gasteiger partial charge in [-0.3, -0.25) is 4.79 Å². The molecule has 0 saturated carbocycles. The van der Waals surface area contributed by atoms with Crippen molar-refractivity contribution >= 4 is 40.2 Å². The number of hydrogen-bond donors (Lipinski definition) is 0. The van der Waals surface area contributed by atoms with E-state index in [1.54, 1.807) is 11.3 Å². The van der Waals surface area contributed by atoms with E-state index >= 15 is 0 Å². The van der Waals surface area contributed by atoms with Crippen LogP contribution in [-0.2, 0) is 4.79 Å². The Kier molecular flexibility index (Phi) is 4.22. The molecule has 0 spiro atoms. The van der Waals surface area contributed by atoms with Gasteiger partial charge >= 0.3 is 0 Å². The maximum absolute atomic E-state index is 12.1. The molecule has 112 valence electrons. The van der Waals surface area contributed by atoms with Crippen LogP contribution in [-0.4, -0.2) is 29.1 Å². The molecule has 0 bridgehead atoms. The number of amidine groups is 1. The molecule has 3 heterocycles. The van der Waals surface area contributed by atoms with Crippen molar-refractivity contribution in [1.82, 2.24) is 4.90 Å². The Morgan fingerprint density at radius 3 is 2.67 bits per heavy atom. The summed E-state index contributed by atoms with van der Waals surface area (Å²) in [4.78, 5) is 20.6. The first-order chi connectivity index (χ1) is 10.0. The third-order valence-electron chi connectivity index (χ3n) is 3.91. The van der Waals surface area contributed by atoms with E-state index in [-0.39, 0.29) is 5.91 Å². The van der Waals surface area contributed by atoms with Crippen LogP contribution in [0.3, 0.4) is 0 Å². The number of carbonyl (C=O) groups excluding carboxylic acids is 1. The standard InChI is InChI=1S/C16H20N2OS2/c1-10-6-11(2)9-18(8-10)16-17-15(19)14(21-16)7-13-12(3)4-5-20-13/h4-5,7,10-11H,6,8-9H2,1-3H3/b14-7+. The summed E-state index contributed by atoms with van der Waals surface area (Å²) in [5, 5.41) is 2.94. The van der Waals surface area contributed by atoms with Gasteiger partial charge in [0.2, 0.25) is 0 Å². The van der Waals surface area contributed by atoms with Crippen molar-refractivity contribution in [2.75, 3.05) is 13.1 Å². The lowest BCUT2D eigenvalue weighted by molar-refractivity contribution is -0.113. The van der Waals surface area contributed by atoms with Gasteiger partial charge in [0.1, 0.15) is 0 Å². The minimum atomic E-state index is -0.0892. The van der Waals surface area contributed by atoms with Gasteiger partial charge in [0.25, 0.3) is 5.91 Å². The second kappa shape index (κ2) is 5.97. The molecule has 1 fully saturated rings. The fraction of sp³-hybridized carbons (Fsp3) is 0.500. The average molecular weight is 320 g/mol. The maximum Gasteiger partial charge on any atom is 0.286 e. The van der Waals surface area contributed by atoms with E-state index in [1.807, 2.05) is 6.08 Å². The number of carbonyl (C=O) groups is 1. The van der Waals surface area contributed by atoms with Gasteiger partial charge in [-0.1, -0.05) is 13.8 Å². The zero-order chi connectivity index (χ0) is 15.0. The Bertz CT molecular complexity index is 608. The Morgan fingerprint density at radius 1 is 1.33 bits per heavy atom. The highest BCUT2D eigenvalue weighted by Gasteiger charge is 2.30. The summed E-state index contributed by atoms with van der Waals surface area (Å²) in [6.07, 6.45) is 3.25. The fourth-order valence-electron chi connectivity index (χ4n) is 3.00. The molecule has 1 amide bonds. The van der Waals surface area contributed by atoms with Crippen molar-refractivity contribution in [1.29, 1.82) is 0 Å². The summed E-state index contributed by atoms with van der Waals surface area (Å²) in [6, 6.07) is 2.08. The summed E-state index contributed by atoms with van der Waals surface area (Å²) in [5.41, 5.74) is 1.22. The SMILES string of the molecule is Cc1ccsc1/C=C1/SC(N2CC(C)CC(C)C2)=NC1=O. The third kappa shape index (κ3) is 3.24. The number of nitrogens with zero attached hydrogens (tertiary/aromatic N) is 2. The summed E-state index contributed by atoms with van der Waals surface area (Å²) < 4.78 is 0. The molecule has 0 N–H and O–H groups in total. The molecule has 0 aromatic carbocycles. The van der Waals surface area contributed by atoms with Crippen molar-refractivity contribution in [2.45, 2.75) is 27.2 Å². The largest absolute Gasteiger partial charge is 0.350 e. The van der Waals surface area contributed by atoms with Gasteiger partial charge in [0.05, 0.1) is 4.91 Å². The first-order valence-corrected chi connectivity index (χ1v) is 9.04. The number of likely N-dealkylation sites (tertiary alicyclic amines) is 1.